The van der Waals surface area contributed by atoms with E-state index in [2.05, 4.69) is 21.8 Å². The molecule has 1 heterocycles. The average Bonchev–Trinajstić information content (AvgIpc) is 2.96. The largest absolute Gasteiger partial charge is 0.383 e. The Bertz CT molecular complexity index is 351. The van der Waals surface area contributed by atoms with Gasteiger partial charge in [0.05, 0.1) is 18.6 Å². The number of hydrogen-bond acceptors (Lipinski definition) is 3. The second-order valence-electron chi connectivity index (χ2n) is 5.38. The van der Waals surface area contributed by atoms with Crippen LogP contribution in [0.25, 0.3) is 0 Å². The van der Waals surface area contributed by atoms with Crippen LogP contribution in [0.3, 0.4) is 0 Å². The summed E-state index contributed by atoms with van der Waals surface area (Å²) in [6, 6.07) is 0. The summed E-state index contributed by atoms with van der Waals surface area (Å²) >= 11 is 0. The van der Waals surface area contributed by atoms with Crippen molar-refractivity contribution in [3.8, 4) is 0 Å². The molecule has 1 aliphatic carbocycles. The van der Waals surface area contributed by atoms with Crippen LogP contribution in [0.4, 0.5) is 0 Å². The SMILES string of the molecule is COCCNCc1cncn1CC1CCCC1C. The molecule has 1 aliphatic rings. The quantitative estimate of drug-likeness (QED) is 0.754. The van der Waals surface area contributed by atoms with Gasteiger partial charge >= 0.3 is 0 Å². The van der Waals surface area contributed by atoms with Crippen LogP contribution in [0.15, 0.2) is 12.5 Å². The average molecular weight is 251 g/mol. The zero-order valence-corrected chi connectivity index (χ0v) is 11.6. The van der Waals surface area contributed by atoms with Crippen molar-refractivity contribution < 1.29 is 4.74 Å². The highest BCUT2D eigenvalue weighted by Crippen LogP contribution is 2.32. The molecule has 0 aliphatic heterocycles. The Morgan fingerprint density at radius 1 is 1.50 bits per heavy atom. The standard InChI is InChI=1S/C14H25N3O/c1-12-4-3-5-13(12)10-17-11-16-9-14(17)8-15-6-7-18-2/h9,11-13,15H,3-8,10H2,1-2H3. The van der Waals surface area contributed by atoms with Crippen molar-refractivity contribution >= 4 is 0 Å². The molecule has 1 aromatic rings. The van der Waals surface area contributed by atoms with E-state index in [9.17, 15) is 0 Å². The molecule has 4 nitrogen and oxygen atoms in total. The Morgan fingerprint density at radius 2 is 2.39 bits per heavy atom. The smallest absolute Gasteiger partial charge is 0.0948 e. The van der Waals surface area contributed by atoms with Crippen molar-refractivity contribution in [2.45, 2.75) is 39.3 Å². The molecule has 1 aromatic heterocycles. The minimum Gasteiger partial charge on any atom is -0.383 e. The fraction of sp³-hybridized carbons (Fsp3) is 0.786. The Morgan fingerprint density at radius 3 is 3.11 bits per heavy atom. The summed E-state index contributed by atoms with van der Waals surface area (Å²) in [6.45, 7) is 6.04. The highest BCUT2D eigenvalue weighted by atomic mass is 16.5. The van der Waals surface area contributed by atoms with Gasteiger partial charge in [-0.15, -0.1) is 0 Å². The summed E-state index contributed by atoms with van der Waals surface area (Å²) in [5, 5.41) is 3.38. The lowest BCUT2D eigenvalue weighted by molar-refractivity contribution is 0.199. The summed E-state index contributed by atoms with van der Waals surface area (Å²) in [6.07, 6.45) is 8.09. The van der Waals surface area contributed by atoms with Crippen LogP contribution in [0.5, 0.6) is 0 Å². The number of aromatic nitrogens is 2. The van der Waals surface area contributed by atoms with Gasteiger partial charge in [0.2, 0.25) is 0 Å². The normalized spacial score (nSPS) is 23.7. The van der Waals surface area contributed by atoms with Crippen LogP contribution in [-0.2, 0) is 17.8 Å². The zero-order chi connectivity index (χ0) is 12.8. The van der Waals surface area contributed by atoms with Crippen molar-refractivity contribution in [1.29, 1.82) is 0 Å². The van der Waals surface area contributed by atoms with Gasteiger partial charge in [0.25, 0.3) is 0 Å². The van der Waals surface area contributed by atoms with Gasteiger partial charge in [-0.1, -0.05) is 19.8 Å². The van der Waals surface area contributed by atoms with Gasteiger partial charge in [-0.25, -0.2) is 4.98 Å². The van der Waals surface area contributed by atoms with Gasteiger partial charge < -0.3 is 14.6 Å². The first-order valence-corrected chi connectivity index (χ1v) is 7.00. The third kappa shape index (κ3) is 3.56. The van der Waals surface area contributed by atoms with Crippen LogP contribution >= 0.6 is 0 Å². The van der Waals surface area contributed by atoms with Crippen LogP contribution in [0.1, 0.15) is 31.9 Å². The molecule has 1 fully saturated rings. The number of rotatable bonds is 7. The lowest BCUT2D eigenvalue weighted by Crippen LogP contribution is -2.22. The van der Waals surface area contributed by atoms with Crippen LogP contribution in [0, 0.1) is 11.8 Å². The molecule has 4 heteroatoms. The molecule has 2 unspecified atom stereocenters. The van der Waals surface area contributed by atoms with Crippen LogP contribution < -0.4 is 5.32 Å². The first kappa shape index (κ1) is 13.6. The molecule has 18 heavy (non-hydrogen) atoms. The van der Waals surface area contributed by atoms with E-state index < -0.39 is 0 Å². The molecule has 0 saturated heterocycles. The molecule has 102 valence electrons. The zero-order valence-electron chi connectivity index (χ0n) is 11.6. The van der Waals surface area contributed by atoms with E-state index in [4.69, 9.17) is 4.74 Å². The minimum atomic E-state index is 0.758. The van der Waals surface area contributed by atoms with E-state index in [1.54, 1.807) is 7.11 Å². The summed E-state index contributed by atoms with van der Waals surface area (Å²) < 4.78 is 7.34. The highest BCUT2D eigenvalue weighted by molar-refractivity contribution is 4.98. The van der Waals surface area contributed by atoms with E-state index in [0.717, 1.165) is 38.1 Å². The fourth-order valence-electron chi connectivity index (χ4n) is 2.80. The highest BCUT2D eigenvalue weighted by Gasteiger charge is 2.23. The molecular formula is C14H25N3O. The number of methoxy groups -OCH3 is 1. The maximum Gasteiger partial charge on any atom is 0.0948 e. The molecule has 2 atom stereocenters. The van der Waals surface area contributed by atoms with E-state index in [1.807, 2.05) is 12.5 Å². The Hall–Kier alpha value is -0.870. The van der Waals surface area contributed by atoms with E-state index in [-0.39, 0.29) is 0 Å². The number of nitrogens with zero attached hydrogens (tertiary/aromatic N) is 2. The van der Waals surface area contributed by atoms with E-state index in [1.165, 1.54) is 25.0 Å². The van der Waals surface area contributed by atoms with Crippen LogP contribution in [-0.4, -0.2) is 29.8 Å². The van der Waals surface area contributed by atoms with Crippen molar-refractivity contribution in [3.63, 3.8) is 0 Å². The summed E-state index contributed by atoms with van der Waals surface area (Å²) in [4.78, 5) is 4.28. The van der Waals surface area contributed by atoms with Crippen molar-refractivity contribution in [1.82, 2.24) is 14.9 Å². The number of hydrogen-bond donors (Lipinski definition) is 1. The molecule has 0 amide bonds. The molecule has 0 aromatic carbocycles. The van der Waals surface area contributed by atoms with Crippen molar-refractivity contribution in [3.05, 3.63) is 18.2 Å². The van der Waals surface area contributed by atoms with Crippen molar-refractivity contribution in [2.75, 3.05) is 20.3 Å². The lowest BCUT2D eigenvalue weighted by Gasteiger charge is -2.17. The second-order valence-corrected chi connectivity index (χ2v) is 5.38. The molecule has 0 spiro atoms. The second kappa shape index (κ2) is 6.90. The van der Waals surface area contributed by atoms with E-state index in [0.29, 0.717) is 0 Å². The topological polar surface area (TPSA) is 39.1 Å². The summed E-state index contributed by atoms with van der Waals surface area (Å²) in [5.74, 6) is 1.69. The maximum atomic E-state index is 5.03. The minimum absolute atomic E-state index is 0.758. The molecule has 0 bridgehead atoms. The third-order valence-electron chi connectivity index (χ3n) is 4.06. The van der Waals surface area contributed by atoms with Gasteiger partial charge in [0.15, 0.2) is 0 Å². The monoisotopic (exact) mass is 251 g/mol. The predicted molar refractivity (Wildman–Crippen MR) is 72.3 cm³/mol. The number of imidazole rings is 1. The molecule has 1 N–H and O–H groups in total. The maximum absolute atomic E-state index is 5.03. The predicted octanol–water partition coefficient (Wildman–Crippen LogP) is 2.06. The summed E-state index contributed by atoms with van der Waals surface area (Å²) in [5.41, 5.74) is 1.28. The number of nitrogens with one attached hydrogen (secondary N) is 1. The Kier molecular flexibility index (Phi) is 5.20. The Balaban J connectivity index is 1.83. The van der Waals surface area contributed by atoms with Crippen molar-refractivity contribution in [2.24, 2.45) is 11.8 Å². The van der Waals surface area contributed by atoms with Crippen LogP contribution in [0.2, 0.25) is 0 Å². The van der Waals surface area contributed by atoms with Gasteiger partial charge in [-0.3, -0.25) is 0 Å². The van der Waals surface area contributed by atoms with Gasteiger partial charge in [-0.2, -0.15) is 0 Å². The van der Waals surface area contributed by atoms with E-state index >= 15 is 0 Å². The molecule has 2 rings (SSSR count). The fourth-order valence-corrected chi connectivity index (χ4v) is 2.80. The molecular weight excluding hydrogens is 226 g/mol. The number of ether oxygens (including phenoxy) is 1. The van der Waals surface area contributed by atoms with Gasteiger partial charge in [-0.05, 0) is 18.3 Å². The summed E-state index contributed by atoms with van der Waals surface area (Å²) in [7, 11) is 1.73. The first-order valence-electron chi connectivity index (χ1n) is 7.00. The molecule has 0 radical (unpaired) electrons. The molecule has 1 saturated carbocycles. The third-order valence-corrected chi connectivity index (χ3v) is 4.06. The Labute approximate surface area is 110 Å². The lowest BCUT2D eigenvalue weighted by atomic mass is 9.98. The first-order chi connectivity index (χ1) is 8.81. The van der Waals surface area contributed by atoms with Gasteiger partial charge in [0.1, 0.15) is 0 Å². The van der Waals surface area contributed by atoms with Gasteiger partial charge in [0, 0.05) is 32.9 Å².